The second kappa shape index (κ2) is 9.59. The highest BCUT2D eigenvalue weighted by atomic mass is 19.3. The van der Waals surface area contributed by atoms with Crippen LogP contribution in [0.1, 0.15) is 79.1 Å². The summed E-state index contributed by atoms with van der Waals surface area (Å²) in [6.07, 6.45) is 0.505. The van der Waals surface area contributed by atoms with E-state index in [9.17, 15) is 23.1 Å². The van der Waals surface area contributed by atoms with Crippen molar-refractivity contribution in [1.29, 1.82) is 0 Å². The van der Waals surface area contributed by atoms with Gasteiger partial charge in [-0.15, -0.1) is 0 Å². The van der Waals surface area contributed by atoms with Crippen LogP contribution in [0.25, 0.3) is 10.9 Å². The number of aryl methyl sites for hydroxylation is 1. The Bertz CT molecular complexity index is 1320. The van der Waals surface area contributed by atoms with Crippen molar-refractivity contribution in [2.75, 3.05) is 11.9 Å². The fraction of sp³-hybridized carbons (Fsp3) is 0.444. The number of nitrogens with one attached hydrogen (secondary N) is 1. The Morgan fingerprint density at radius 2 is 1.89 bits per heavy atom. The molecule has 190 valence electrons. The molecule has 2 aromatic carbocycles. The van der Waals surface area contributed by atoms with Gasteiger partial charge in [-0.3, -0.25) is 4.79 Å². The molecule has 1 saturated carbocycles. The average Bonchev–Trinajstić information content (AvgIpc) is 3.34. The van der Waals surface area contributed by atoms with Gasteiger partial charge in [0.1, 0.15) is 23.2 Å². The molecule has 1 aliphatic heterocycles. The Hall–Kier alpha value is -3.36. The van der Waals surface area contributed by atoms with E-state index in [1.54, 1.807) is 13.8 Å². The van der Waals surface area contributed by atoms with E-state index >= 15 is 0 Å². The maximum atomic E-state index is 14.8. The van der Waals surface area contributed by atoms with E-state index in [0.29, 0.717) is 37.5 Å². The lowest BCUT2D eigenvalue weighted by Crippen LogP contribution is -2.20. The summed E-state index contributed by atoms with van der Waals surface area (Å²) in [5.41, 5.74) is 2.28. The van der Waals surface area contributed by atoms with Crippen LogP contribution in [-0.2, 0) is 11.2 Å². The molecular weight excluding hydrogens is 471 g/mol. The number of benzene rings is 2. The molecule has 6 nitrogen and oxygen atoms in total. The Morgan fingerprint density at radius 3 is 2.58 bits per heavy atom. The van der Waals surface area contributed by atoms with Crippen molar-refractivity contribution in [1.82, 2.24) is 9.97 Å². The monoisotopic (exact) mass is 499 g/mol. The molecule has 1 aliphatic carbocycles. The third-order valence-electron chi connectivity index (χ3n) is 7.41. The molecule has 2 aliphatic rings. The van der Waals surface area contributed by atoms with E-state index in [2.05, 4.69) is 15.3 Å². The van der Waals surface area contributed by atoms with E-state index in [0.717, 1.165) is 46.7 Å². The van der Waals surface area contributed by atoms with Gasteiger partial charge in [0.05, 0.1) is 29.6 Å². The maximum absolute atomic E-state index is 14.8. The highest BCUT2D eigenvalue weighted by molar-refractivity contribution is 5.94. The SMILES string of the molecule is Cc1nc(N[C@H](C)c2cccc(C(F)F)c2F)c2cc([C@H]3CC[C@@H](C(=O)O)CC3)c3c(c2n1)CCO3. The molecule has 2 N–H and O–H groups in total. The van der Waals surface area contributed by atoms with Gasteiger partial charge in [-0.2, -0.15) is 0 Å². The van der Waals surface area contributed by atoms with E-state index in [4.69, 9.17) is 4.74 Å². The van der Waals surface area contributed by atoms with Crippen LogP contribution in [0, 0.1) is 18.7 Å². The van der Waals surface area contributed by atoms with Crippen molar-refractivity contribution < 1.29 is 27.8 Å². The predicted molar refractivity (Wildman–Crippen MR) is 129 cm³/mol. The number of hydrogen-bond acceptors (Lipinski definition) is 5. The Labute approximate surface area is 206 Å². The van der Waals surface area contributed by atoms with Gasteiger partial charge in [-0.25, -0.2) is 23.1 Å². The second-order valence-corrected chi connectivity index (χ2v) is 9.69. The lowest BCUT2D eigenvalue weighted by atomic mass is 9.77. The van der Waals surface area contributed by atoms with Crippen molar-refractivity contribution in [3.8, 4) is 5.75 Å². The number of ether oxygens (including phenoxy) is 1. The van der Waals surface area contributed by atoms with E-state index in [1.165, 1.54) is 12.1 Å². The fourth-order valence-electron chi connectivity index (χ4n) is 5.53. The predicted octanol–water partition coefficient (Wildman–Crippen LogP) is 6.48. The zero-order valence-electron chi connectivity index (χ0n) is 20.2. The number of aliphatic carboxylic acids is 1. The number of halogens is 3. The van der Waals surface area contributed by atoms with Crippen LogP contribution < -0.4 is 10.1 Å². The summed E-state index contributed by atoms with van der Waals surface area (Å²) in [6, 6.07) is 5.39. The summed E-state index contributed by atoms with van der Waals surface area (Å²) in [4.78, 5) is 20.7. The minimum absolute atomic E-state index is 0.133. The fourth-order valence-corrected chi connectivity index (χ4v) is 5.53. The molecule has 3 aromatic rings. The standard InChI is InChI=1S/C27H28F3N3O3/c1-13(17-4-3-5-18(22(17)28)25(29)30)31-26-21-12-20(15-6-8-16(9-7-15)27(34)35)24-19(10-11-36-24)23(21)32-14(2)33-26/h3-5,12-13,15-16,25H,6-11H2,1-2H3,(H,34,35)(H,31,32,33)/t13-,15-,16+/m1/s1. The topological polar surface area (TPSA) is 84.3 Å². The number of carboxylic acid groups (broad SMARTS) is 1. The van der Waals surface area contributed by atoms with Gasteiger partial charge in [0.15, 0.2) is 0 Å². The zero-order valence-corrected chi connectivity index (χ0v) is 20.2. The van der Waals surface area contributed by atoms with Crippen LogP contribution in [-0.4, -0.2) is 27.7 Å². The number of fused-ring (bicyclic) bond motifs is 3. The van der Waals surface area contributed by atoms with E-state index in [1.807, 2.05) is 6.07 Å². The first-order chi connectivity index (χ1) is 17.2. The van der Waals surface area contributed by atoms with Crippen LogP contribution in [0.15, 0.2) is 24.3 Å². The van der Waals surface area contributed by atoms with Crippen LogP contribution in [0.2, 0.25) is 0 Å². The van der Waals surface area contributed by atoms with Crippen molar-refractivity contribution in [2.45, 2.75) is 64.3 Å². The number of anilines is 1. The molecule has 2 heterocycles. The average molecular weight is 500 g/mol. The highest BCUT2D eigenvalue weighted by Gasteiger charge is 2.32. The number of aromatic nitrogens is 2. The van der Waals surface area contributed by atoms with Gasteiger partial charge < -0.3 is 15.2 Å². The number of carboxylic acids is 1. The summed E-state index contributed by atoms with van der Waals surface area (Å²) in [5.74, 6) is 0.0230. The normalized spacial score (nSPS) is 20.3. The van der Waals surface area contributed by atoms with E-state index < -0.39 is 29.8 Å². The van der Waals surface area contributed by atoms with Gasteiger partial charge >= 0.3 is 5.97 Å². The minimum atomic E-state index is -2.90. The summed E-state index contributed by atoms with van der Waals surface area (Å²) >= 11 is 0. The zero-order chi connectivity index (χ0) is 25.6. The molecular formula is C27H28F3N3O3. The smallest absolute Gasteiger partial charge is 0.306 e. The molecule has 1 fully saturated rings. The molecule has 0 amide bonds. The third-order valence-corrected chi connectivity index (χ3v) is 7.41. The minimum Gasteiger partial charge on any atom is -0.493 e. The van der Waals surface area contributed by atoms with Crippen LogP contribution >= 0.6 is 0 Å². The highest BCUT2D eigenvalue weighted by Crippen LogP contribution is 2.46. The molecule has 1 aromatic heterocycles. The largest absolute Gasteiger partial charge is 0.493 e. The first-order valence-corrected chi connectivity index (χ1v) is 12.3. The van der Waals surface area contributed by atoms with Crippen molar-refractivity contribution in [2.24, 2.45) is 5.92 Å². The summed E-state index contributed by atoms with van der Waals surface area (Å²) in [7, 11) is 0. The molecule has 9 heteroatoms. The molecule has 36 heavy (non-hydrogen) atoms. The molecule has 0 radical (unpaired) electrons. The van der Waals surface area contributed by atoms with E-state index in [-0.39, 0.29) is 17.4 Å². The van der Waals surface area contributed by atoms with Gasteiger partial charge in [-0.05, 0) is 57.1 Å². The van der Waals surface area contributed by atoms with Gasteiger partial charge in [0.25, 0.3) is 6.43 Å². The quantitative estimate of drug-likeness (QED) is 0.404. The number of hydrogen-bond donors (Lipinski definition) is 2. The summed E-state index contributed by atoms with van der Waals surface area (Å²) < 4.78 is 47.4. The maximum Gasteiger partial charge on any atom is 0.306 e. The van der Waals surface area contributed by atoms with Gasteiger partial charge in [-0.1, -0.05) is 18.2 Å². The van der Waals surface area contributed by atoms with Crippen LogP contribution in [0.5, 0.6) is 5.75 Å². The number of nitrogens with zero attached hydrogens (tertiary/aromatic N) is 2. The van der Waals surface area contributed by atoms with Crippen molar-refractivity contribution in [3.05, 3.63) is 58.2 Å². The molecule has 1 atom stereocenters. The third kappa shape index (κ3) is 4.35. The lowest BCUT2D eigenvalue weighted by molar-refractivity contribution is -0.142. The van der Waals surface area contributed by atoms with Gasteiger partial charge in [0, 0.05) is 22.9 Å². The van der Waals surface area contributed by atoms with Crippen molar-refractivity contribution in [3.63, 3.8) is 0 Å². The number of alkyl halides is 2. The summed E-state index contributed by atoms with van der Waals surface area (Å²) in [5, 5.41) is 13.4. The molecule has 0 spiro atoms. The first kappa shape index (κ1) is 24.3. The Morgan fingerprint density at radius 1 is 1.17 bits per heavy atom. The molecule has 0 saturated heterocycles. The molecule has 0 bridgehead atoms. The lowest BCUT2D eigenvalue weighted by Gasteiger charge is -2.28. The van der Waals surface area contributed by atoms with Crippen LogP contribution in [0.3, 0.4) is 0 Å². The second-order valence-electron chi connectivity index (χ2n) is 9.69. The molecule has 0 unspecified atom stereocenters. The Balaban J connectivity index is 1.55. The number of rotatable bonds is 6. The summed E-state index contributed by atoms with van der Waals surface area (Å²) in [6.45, 7) is 4.03. The van der Waals surface area contributed by atoms with Crippen LogP contribution in [0.4, 0.5) is 19.0 Å². The first-order valence-electron chi connectivity index (χ1n) is 12.3. The number of carbonyl (C=O) groups is 1. The molecule has 5 rings (SSSR count). The van der Waals surface area contributed by atoms with Gasteiger partial charge in [0.2, 0.25) is 0 Å². The van der Waals surface area contributed by atoms with Crippen molar-refractivity contribution >= 4 is 22.7 Å². The Kier molecular flexibility index (Phi) is 6.49.